The zero-order valence-corrected chi connectivity index (χ0v) is 9.68. The predicted molar refractivity (Wildman–Crippen MR) is 62.0 cm³/mol. The van der Waals surface area contributed by atoms with Gasteiger partial charge in [-0.2, -0.15) is 0 Å². The van der Waals surface area contributed by atoms with Crippen LogP contribution in [0.2, 0.25) is 0 Å². The normalized spacial score (nSPS) is 12.9. The molecule has 2 rings (SSSR count). The molecular weight excluding hydrogens is 202 g/mol. The summed E-state index contributed by atoms with van der Waals surface area (Å²) in [5.74, 6) is 2.09. The molecule has 0 fully saturated rings. The van der Waals surface area contributed by atoms with E-state index >= 15 is 0 Å². The number of nitrogens with one attached hydrogen (secondary N) is 1. The van der Waals surface area contributed by atoms with Gasteiger partial charge >= 0.3 is 0 Å². The van der Waals surface area contributed by atoms with Crippen LogP contribution in [0.1, 0.15) is 24.0 Å². The van der Waals surface area contributed by atoms with Crippen molar-refractivity contribution in [2.75, 3.05) is 7.05 Å². The Morgan fingerprint density at radius 1 is 1.56 bits per heavy atom. The van der Waals surface area contributed by atoms with Crippen molar-refractivity contribution in [2.45, 2.75) is 18.9 Å². The van der Waals surface area contributed by atoms with Gasteiger partial charge in [0.25, 0.3) is 0 Å². The van der Waals surface area contributed by atoms with Gasteiger partial charge < -0.3 is 14.3 Å². The number of furan rings is 1. The average molecular weight is 219 g/mol. The number of aromatic nitrogens is 2. The van der Waals surface area contributed by atoms with Crippen LogP contribution in [0.5, 0.6) is 0 Å². The summed E-state index contributed by atoms with van der Waals surface area (Å²) in [6.07, 6.45) is 7.43. The number of imidazole rings is 1. The minimum absolute atomic E-state index is 0.256. The van der Waals surface area contributed by atoms with E-state index in [1.165, 1.54) is 0 Å². The van der Waals surface area contributed by atoms with Gasteiger partial charge in [-0.25, -0.2) is 4.98 Å². The Labute approximate surface area is 95.3 Å². The predicted octanol–water partition coefficient (Wildman–Crippen LogP) is 1.91. The Balaban J connectivity index is 1.96. The third kappa shape index (κ3) is 2.33. The molecule has 2 aromatic heterocycles. The van der Waals surface area contributed by atoms with Crippen LogP contribution < -0.4 is 5.32 Å². The van der Waals surface area contributed by atoms with Gasteiger partial charge in [0.2, 0.25) is 0 Å². The first-order chi connectivity index (χ1) is 7.81. The van der Waals surface area contributed by atoms with Crippen molar-refractivity contribution >= 4 is 0 Å². The summed E-state index contributed by atoms with van der Waals surface area (Å²) >= 11 is 0. The Morgan fingerprint density at radius 3 is 3.00 bits per heavy atom. The molecule has 0 aromatic carbocycles. The fourth-order valence-electron chi connectivity index (χ4n) is 1.83. The summed E-state index contributed by atoms with van der Waals surface area (Å²) in [5.41, 5.74) is 0. The molecule has 0 aliphatic carbocycles. The molecule has 2 heterocycles. The number of hydrogen-bond acceptors (Lipinski definition) is 3. The molecule has 2 aromatic rings. The number of aryl methyl sites for hydroxylation is 2. The van der Waals surface area contributed by atoms with Gasteiger partial charge in [0.15, 0.2) is 0 Å². The molecule has 0 saturated carbocycles. The first-order valence-electron chi connectivity index (χ1n) is 5.48. The van der Waals surface area contributed by atoms with E-state index in [-0.39, 0.29) is 6.04 Å². The number of hydrogen-bond donors (Lipinski definition) is 1. The molecule has 0 amide bonds. The van der Waals surface area contributed by atoms with Crippen molar-refractivity contribution in [1.29, 1.82) is 0 Å². The molecule has 1 N–H and O–H groups in total. The lowest BCUT2D eigenvalue weighted by molar-refractivity contribution is 0.411. The molecule has 0 aliphatic heterocycles. The molecule has 1 atom stereocenters. The maximum Gasteiger partial charge on any atom is 0.120 e. The van der Waals surface area contributed by atoms with E-state index in [0.29, 0.717) is 0 Å². The summed E-state index contributed by atoms with van der Waals surface area (Å²) < 4.78 is 7.45. The topological polar surface area (TPSA) is 43.0 Å². The quantitative estimate of drug-likeness (QED) is 0.835. The second-order valence-corrected chi connectivity index (χ2v) is 3.85. The van der Waals surface area contributed by atoms with Gasteiger partial charge in [-0.1, -0.05) is 0 Å². The molecular formula is C12H17N3O. The molecule has 86 valence electrons. The van der Waals surface area contributed by atoms with Gasteiger partial charge in [0.05, 0.1) is 12.3 Å². The Kier molecular flexibility index (Phi) is 3.41. The summed E-state index contributed by atoms with van der Waals surface area (Å²) in [6.45, 7) is 0. The van der Waals surface area contributed by atoms with Crippen LogP contribution in [0, 0.1) is 0 Å². The second kappa shape index (κ2) is 4.99. The zero-order valence-electron chi connectivity index (χ0n) is 9.68. The van der Waals surface area contributed by atoms with Crippen molar-refractivity contribution < 1.29 is 4.42 Å². The van der Waals surface area contributed by atoms with Crippen molar-refractivity contribution in [3.8, 4) is 0 Å². The highest BCUT2D eigenvalue weighted by Gasteiger charge is 2.12. The van der Waals surface area contributed by atoms with Gasteiger partial charge in [-0.15, -0.1) is 0 Å². The molecule has 1 unspecified atom stereocenters. The molecule has 0 bridgehead atoms. The highest BCUT2D eigenvalue weighted by molar-refractivity contribution is 5.05. The van der Waals surface area contributed by atoms with Crippen LogP contribution in [0.25, 0.3) is 0 Å². The summed E-state index contributed by atoms with van der Waals surface area (Å²) in [6, 6.07) is 4.17. The highest BCUT2D eigenvalue weighted by Crippen LogP contribution is 2.18. The summed E-state index contributed by atoms with van der Waals surface area (Å²) in [7, 11) is 3.97. The first kappa shape index (κ1) is 11.0. The van der Waals surface area contributed by atoms with E-state index in [9.17, 15) is 0 Å². The monoisotopic (exact) mass is 219 g/mol. The Hall–Kier alpha value is -1.55. The molecule has 0 saturated heterocycles. The van der Waals surface area contributed by atoms with Crippen LogP contribution in [-0.2, 0) is 13.5 Å². The molecule has 0 spiro atoms. The zero-order chi connectivity index (χ0) is 11.4. The van der Waals surface area contributed by atoms with E-state index in [4.69, 9.17) is 4.42 Å². The maximum atomic E-state index is 5.40. The van der Waals surface area contributed by atoms with Crippen molar-refractivity contribution in [3.63, 3.8) is 0 Å². The second-order valence-electron chi connectivity index (χ2n) is 3.85. The van der Waals surface area contributed by atoms with Gasteiger partial charge in [0.1, 0.15) is 11.6 Å². The molecule has 16 heavy (non-hydrogen) atoms. The van der Waals surface area contributed by atoms with Crippen molar-refractivity contribution in [1.82, 2.24) is 14.9 Å². The third-order valence-electron chi connectivity index (χ3n) is 2.81. The largest absolute Gasteiger partial charge is 0.468 e. The average Bonchev–Trinajstić information content (AvgIpc) is 2.92. The molecule has 4 heteroatoms. The van der Waals surface area contributed by atoms with Gasteiger partial charge in [-0.3, -0.25) is 0 Å². The van der Waals surface area contributed by atoms with E-state index in [0.717, 1.165) is 24.4 Å². The van der Waals surface area contributed by atoms with Crippen LogP contribution in [0.4, 0.5) is 0 Å². The Morgan fingerprint density at radius 2 is 2.44 bits per heavy atom. The smallest absolute Gasteiger partial charge is 0.120 e. The fourth-order valence-corrected chi connectivity index (χ4v) is 1.83. The first-order valence-corrected chi connectivity index (χ1v) is 5.48. The SMILES string of the molecule is CNC(CCc1nccn1C)c1ccco1. The lowest BCUT2D eigenvalue weighted by atomic mass is 10.1. The molecule has 4 nitrogen and oxygen atoms in total. The van der Waals surface area contributed by atoms with Crippen LogP contribution in [0.3, 0.4) is 0 Å². The minimum atomic E-state index is 0.256. The Bertz CT molecular complexity index is 419. The fraction of sp³-hybridized carbons (Fsp3) is 0.417. The van der Waals surface area contributed by atoms with Crippen LogP contribution in [-0.4, -0.2) is 16.6 Å². The molecule has 0 aliphatic rings. The maximum absolute atomic E-state index is 5.40. The van der Waals surface area contributed by atoms with Crippen LogP contribution >= 0.6 is 0 Å². The van der Waals surface area contributed by atoms with E-state index in [1.807, 2.05) is 38.6 Å². The highest BCUT2D eigenvalue weighted by atomic mass is 16.3. The van der Waals surface area contributed by atoms with E-state index < -0.39 is 0 Å². The summed E-state index contributed by atoms with van der Waals surface area (Å²) in [4.78, 5) is 4.31. The van der Waals surface area contributed by atoms with E-state index in [2.05, 4.69) is 14.9 Å². The van der Waals surface area contributed by atoms with E-state index in [1.54, 1.807) is 6.26 Å². The van der Waals surface area contributed by atoms with Gasteiger partial charge in [-0.05, 0) is 25.6 Å². The lowest BCUT2D eigenvalue weighted by Crippen LogP contribution is -2.17. The lowest BCUT2D eigenvalue weighted by Gasteiger charge is -2.13. The third-order valence-corrected chi connectivity index (χ3v) is 2.81. The minimum Gasteiger partial charge on any atom is -0.468 e. The standard InChI is InChI=1S/C12H17N3O/c1-13-10(11-4-3-9-16-11)5-6-12-14-7-8-15(12)2/h3-4,7-10,13H,5-6H2,1-2H3. The van der Waals surface area contributed by atoms with Crippen molar-refractivity contribution in [3.05, 3.63) is 42.4 Å². The molecule has 0 radical (unpaired) electrons. The van der Waals surface area contributed by atoms with Crippen molar-refractivity contribution in [2.24, 2.45) is 7.05 Å². The number of rotatable bonds is 5. The summed E-state index contributed by atoms with van der Waals surface area (Å²) in [5, 5.41) is 3.26. The van der Waals surface area contributed by atoms with Gasteiger partial charge in [0, 0.05) is 25.9 Å². The van der Waals surface area contributed by atoms with Crippen LogP contribution in [0.15, 0.2) is 35.2 Å². The number of nitrogens with zero attached hydrogens (tertiary/aromatic N) is 2.